The Hall–Kier alpha value is -1.57. The maximum absolute atomic E-state index is 14.1. The highest BCUT2D eigenvalue weighted by atomic mass is 19.4. The molecule has 1 N–H and O–H groups in total. The van der Waals surface area contributed by atoms with Crippen LogP contribution in [0.15, 0.2) is 12.2 Å². The third kappa shape index (κ3) is 3.75. The summed E-state index contributed by atoms with van der Waals surface area (Å²) in [6, 6.07) is 0. The van der Waals surface area contributed by atoms with Gasteiger partial charge in [0, 0.05) is 5.57 Å². The van der Waals surface area contributed by atoms with Crippen LogP contribution in [0.2, 0.25) is 0 Å². The maximum Gasteiger partial charge on any atom is 0.448 e. The van der Waals surface area contributed by atoms with Crippen molar-refractivity contribution in [3.63, 3.8) is 0 Å². The molecule has 152 valence electrons. The summed E-state index contributed by atoms with van der Waals surface area (Å²) in [7, 11) is 0. The molecule has 0 aromatic rings. The second-order valence-corrected chi connectivity index (χ2v) is 5.63. The Kier molecular flexibility index (Phi) is 5.16. The highest BCUT2D eigenvalue weighted by molar-refractivity contribution is 5.87. The molecule has 0 amide bonds. The van der Waals surface area contributed by atoms with Crippen molar-refractivity contribution in [2.24, 2.45) is 0 Å². The first kappa shape index (κ1) is 22.5. The fourth-order valence-corrected chi connectivity index (χ4v) is 2.07. The van der Waals surface area contributed by atoms with Gasteiger partial charge in [0.05, 0.1) is 12.8 Å². The normalized spacial score (nSPS) is 33.7. The van der Waals surface area contributed by atoms with Crippen molar-refractivity contribution in [1.29, 1.82) is 0 Å². The van der Waals surface area contributed by atoms with Gasteiger partial charge in [-0.25, -0.2) is 9.18 Å². The molecule has 0 saturated carbocycles. The number of aliphatic hydroxyl groups is 1. The van der Waals surface area contributed by atoms with Gasteiger partial charge in [0.15, 0.2) is 0 Å². The summed E-state index contributed by atoms with van der Waals surface area (Å²) in [5.41, 5.74) is -5.53. The Bertz CT molecular complexity index is 564. The molecule has 1 rings (SSSR count). The first-order valence-electron chi connectivity index (χ1n) is 6.40. The van der Waals surface area contributed by atoms with Gasteiger partial charge < -0.3 is 9.84 Å². The molecule has 1 fully saturated rings. The fraction of sp³-hybridized carbons (Fsp3) is 0.750. The Morgan fingerprint density at radius 3 is 1.77 bits per heavy atom. The van der Waals surface area contributed by atoms with Crippen LogP contribution in [0.4, 0.5) is 43.9 Å². The van der Waals surface area contributed by atoms with Crippen LogP contribution in [-0.2, 0) is 14.3 Å². The Labute approximate surface area is 138 Å². The topological polar surface area (TPSA) is 55.8 Å². The molecule has 1 saturated heterocycles. The minimum atomic E-state index is -6.43. The van der Waals surface area contributed by atoms with E-state index in [9.17, 15) is 53.8 Å². The Balaban J connectivity index is 3.66. The molecule has 0 radical (unpaired) electrons. The summed E-state index contributed by atoms with van der Waals surface area (Å²) in [6.07, 6.45) is -24.5. The predicted molar refractivity (Wildman–Crippen MR) is 60.9 cm³/mol. The second kappa shape index (κ2) is 5.97. The molecule has 0 aromatic heterocycles. The number of esters is 1. The molecule has 1 aliphatic heterocycles. The van der Waals surface area contributed by atoms with Crippen LogP contribution < -0.4 is 0 Å². The van der Waals surface area contributed by atoms with E-state index >= 15 is 0 Å². The van der Waals surface area contributed by atoms with Crippen molar-refractivity contribution in [1.82, 2.24) is 0 Å². The molecule has 0 bridgehead atoms. The van der Waals surface area contributed by atoms with E-state index in [1.807, 2.05) is 0 Å². The van der Waals surface area contributed by atoms with Crippen molar-refractivity contribution in [3.8, 4) is 0 Å². The van der Waals surface area contributed by atoms with Crippen LogP contribution in [0.25, 0.3) is 0 Å². The first-order chi connectivity index (χ1) is 11.2. The van der Waals surface area contributed by atoms with E-state index in [0.29, 0.717) is 0 Å². The van der Waals surface area contributed by atoms with Gasteiger partial charge in [-0.05, 0) is 6.92 Å². The number of halogens is 10. The lowest BCUT2D eigenvalue weighted by atomic mass is 9.82. The lowest BCUT2D eigenvalue weighted by Crippen LogP contribution is -2.70. The summed E-state index contributed by atoms with van der Waals surface area (Å²) < 4.78 is 138. The summed E-state index contributed by atoms with van der Waals surface area (Å²) in [5.74, 6) is -12.9. The standard InChI is InChI=1S/C12H10F10O4/c1-5(2)6(23)25-7(10(14,15)16)3-8(13,11(17,18)19)26-9(24,4-7)12(20,21)22/h24H,1,3-4H2,2H3. The van der Waals surface area contributed by atoms with Crippen LogP contribution in [0.3, 0.4) is 0 Å². The number of rotatable bonds is 2. The lowest BCUT2D eigenvalue weighted by molar-refractivity contribution is -0.497. The van der Waals surface area contributed by atoms with Gasteiger partial charge in [0.2, 0.25) is 5.60 Å². The summed E-state index contributed by atoms with van der Waals surface area (Å²) in [6.45, 7) is 3.57. The minimum absolute atomic E-state index is 0.744. The average Bonchev–Trinajstić information content (AvgIpc) is 2.33. The minimum Gasteiger partial charge on any atom is -0.446 e. The zero-order valence-corrected chi connectivity index (χ0v) is 12.6. The van der Waals surface area contributed by atoms with E-state index in [1.165, 1.54) is 0 Å². The van der Waals surface area contributed by atoms with Crippen molar-refractivity contribution >= 4 is 5.97 Å². The molecule has 26 heavy (non-hydrogen) atoms. The van der Waals surface area contributed by atoms with E-state index in [-0.39, 0.29) is 0 Å². The largest absolute Gasteiger partial charge is 0.448 e. The number of hydrogen-bond donors (Lipinski definition) is 1. The smallest absolute Gasteiger partial charge is 0.446 e. The van der Waals surface area contributed by atoms with Crippen LogP contribution in [0.1, 0.15) is 19.8 Å². The van der Waals surface area contributed by atoms with Crippen molar-refractivity contribution in [2.45, 2.75) is 55.5 Å². The molecular weight excluding hydrogens is 398 g/mol. The van der Waals surface area contributed by atoms with Crippen LogP contribution in [0.5, 0.6) is 0 Å². The number of alkyl halides is 10. The van der Waals surface area contributed by atoms with Crippen molar-refractivity contribution in [3.05, 3.63) is 12.2 Å². The van der Waals surface area contributed by atoms with Crippen LogP contribution in [0, 0.1) is 0 Å². The van der Waals surface area contributed by atoms with Gasteiger partial charge in [0.1, 0.15) is 0 Å². The van der Waals surface area contributed by atoms with Crippen molar-refractivity contribution < 1.29 is 63.3 Å². The van der Waals surface area contributed by atoms with E-state index in [1.54, 1.807) is 0 Å². The third-order valence-corrected chi connectivity index (χ3v) is 3.39. The SMILES string of the molecule is C=C(C)C(=O)OC1(C(F)(F)F)CC(O)(C(F)(F)F)OC(F)(C(F)(F)F)C1. The van der Waals surface area contributed by atoms with Gasteiger partial charge in [0.25, 0.3) is 5.79 Å². The molecule has 0 aromatic carbocycles. The van der Waals surface area contributed by atoms with Gasteiger partial charge in [-0.2, -0.15) is 39.5 Å². The molecule has 1 aliphatic rings. The van der Waals surface area contributed by atoms with Crippen molar-refractivity contribution in [2.75, 3.05) is 0 Å². The summed E-state index contributed by atoms with van der Waals surface area (Å²) in [5, 5.41) is 9.26. The first-order valence-corrected chi connectivity index (χ1v) is 6.40. The number of carbonyl (C=O) groups excluding carboxylic acids is 1. The van der Waals surface area contributed by atoms with Gasteiger partial charge in [-0.15, -0.1) is 0 Å². The van der Waals surface area contributed by atoms with E-state index < -0.39 is 60.2 Å². The van der Waals surface area contributed by atoms with Crippen LogP contribution >= 0.6 is 0 Å². The maximum atomic E-state index is 14.1. The number of carbonyl (C=O) groups is 1. The molecule has 3 unspecified atom stereocenters. The molecule has 1 heterocycles. The average molecular weight is 408 g/mol. The fourth-order valence-electron chi connectivity index (χ4n) is 2.07. The molecule has 0 aliphatic carbocycles. The third-order valence-electron chi connectivity index (χ3n) is 3.39. The lowest BCUT2D eigenvalue weighted by Gasteiger charge is -2.50. The molecule has 0 spiro atoms. The Morgan fingerprint density at radius 2 is 1.46 bits per heavy atom. The van der Waals surface area contributed by atoms with E-state index in [0.717, 1.165) is 6.92 Å². The zero-order chi connectivity index (χ0) is 21.0. The quantitative estimate of drug-likeness (QED) is 0.430. The molecule has 4 nitrogen and oxygen atoms in total. The predicted octanol–water partition coefficient (Wildman–Crippen LogP) is 3.70. The molecule has 3 atom stereocenters. The van der Waals surface area contributed by atoms with E-state index in [2.05, 4.69) is 16.1 Å². The second-order valence-electron chi connectivity index (χ2n) is 5.63. The zero-order valence-electron chi connectivity index (χ0n) is 12.6. The highest BCUT2D eigenvalue weighted by Crippen LogP contribution is 2.58. The van der Waals surface area contributed by atoms with Gasteiger partial charge in [-0.1, -0.05) is 6.58 Å². The monoisotopic (exact) mass is 408 g/mol. The van der Waals surface area contributed by atoms with Gasteiger partial charge in [-0.3, -0.25) is 4.74 Å². The summed E-state index contributed by atoms with van der Waals surface area (Å²) in [4.78, 5) is 11.4. The highest BCUT2D eigenvalue weighted by Gasteiger charge is 2.79. The number of hydrogen-bond acceptors (Lipinski definition) is 4. The van der Waals surface area contributed by atoms with E-state index in [4.69, 9.17) is 0 Å². The number of ether oxygens (including phenoxy) is 2. The molecular formula is C12H10F10O4. The Morgan fingerprint density at radius 1 is 1.00 bits per heavy atom. The summed E-state index contributed by atoms with van der Waals surface area (Å²) >= 11 is 0. The van der Waals surface area contributed by atoms with Gasteiger partial charge >= 0.3 is 30.4 Å². The van der Waals surface area contributed by atoms with Crippen LogP contribution in [-0.4, -0.2) is 46.8 Å². The molecule has 14 heteroatoms.